The van der Waals surface area contributed by atoms with Gasteiger partial charge in [0.05, 0.1) is 19.3 Å². The third-order valence-electron chi connectivity index (χ3n) is 5.94. The number of nitrogens with one attached hydrogen (secondary N) is 2. The molecular weight excluding hydrogens is 480 g/mol. The second kappa shape index (κ2) is 12.0. The van der Waals surface area contributed by atoms with Gasteiger partial charge < -0.3 is 25.2 Å². The lowest BCUT2D eigenvalue weighted by molar-refractivity contribution is -0.141. The molecular formula is C26H30N4O7. The van der Waals surface area contributed by atoms with Gasteiger partial charge in [-0.2, -0.15) is 0 Å². The molecule has 3 aromatic rings. The molecule has 11 nitrogen and oxygen atoms in total. The zero-order valence-corrected chi connectivity index (χ0v) is 21.1. The molecule has 0 spiro atoms. The molecule has 0 radical (unpaired) electrons. The summed E-state index contributed by atoms with van der Waals surface area (Å²) in [5.41, 5.74) is 2.11. The van der Waals surface area contributed by atoms with Crippen molar-refractivity contribution in [1.29, 1.82) is 0 Å². The molecule has 2 aromatic heterocycles. The number of imidazole rings is 1. The van der Waals surface area contributed by atoms with Crippen molar-refractivity contribution in [2.75, 3.05) is 25.6 Å². The van der Waals surface area contributed by atoms with Gasteiger partial charge in [-0.15, -0.1) is 0 Å². The van der Waals surface area contributed by atoms with E-state index in [1.165, 1.54) is 13.2 Å². The quantitative estimate of drug-likeness (QED) is 0.331. The maximum Gasteiger partial charge on any atom is 0.337 e. The van der Waals surface area contributed by atoms with Gasteiger partial charge in [-0.3, -0.25) is 14.0 Å². The number of esters is 2. The number of pyridine rings is 1. The van der Waals surface area contributed by atoms with Crippen molar-refractivity contribution >= 4 is 35.3 Å². The van der Waals surface area contributed by atoms with Gasteiger partial charge in [-0.25, -0.2) is 14.6 Å². The van der Waals surface area contributed by atoms with E-state index in [1.54, 1.807) is 54.8 Å². The first kappa shape index (κ1) is 27.2. The Morgan fingerprint density at radius 3 is 2.38 bits per heavy atom. The van der Waals surface area contributed by atoms with Gasteiger partial charge in [0.1, 0.15) is 29.7 Å². The summed E-state index contributed by atoms with van der Waals surface area (Å²) in [6.07, 6.45) is 2.19. The first-order valence-corrected chi connectivity index (χ1v) is 11.8. The van der Waals surface area contributed by atoms with Crippen molar-refractivity contribution in [3.05, 3.63) is 53.7 Å². The number of aliphatic carboxylic acids is 1. The van der Waals surface area contributed by atoms with Gasteiger partial charge in [0.2, 0.25) is 0 Å². The molecule has 3 rings (SSSR count). The molecule has 0 saturated carbocycles. The summed E-state index contributed by atoms with van der Waals surface area (Å²) in [6.45, 7) is 5.45. The average molecular weight is 511 g/mol. The first-order valence-electron chi connectivity index (χ1n) is 11.8. The lowest BCUT2D eigenvalue weighted by Crippen LogP contribution is -2.45. The zero-order chi connectivity index (χ0) is 27.1. The maximum absolute atomic E-state index is 12.9. The Balaban J connectivity index is 2.00. The Morgan fingerprint density at radius 2 is 1.78 bits per heavy atom. The number of fused-ring (bicyclic) bond motifs is 1. The molecule has 1 amide bonds. The standard InChI is InChI=1S/C26H30N4O7/c1-5-15(3)21(25(33)34)29-24(32)18-11-12-30-19(13-18)28-22(23(30)27-14-20(31)37-6-2)16-7-9-17(10-8-16)26(35)36-4/h7-13,15,21,27H,5-6,14H2,1-4H3,(H,29,32)(H,33,34). The number of rotatable bonds is 11. The van der Waals surface area contributed by atoms with Crippen molar-refractivity contribution in [2.45, 2.75) is 33.2 Å². The van der Waals surface area contributed by atoms with Crippen LogP contribution in [0.4, 0.5) is 5.82 Å². The van der Waals surface area contributed by atoms with Crippen LogP contribution in [0, 0.1) is 5.92 Å². The van der Waals surface area contributed by atoms with Crippen LogP contribution in [0.1, 0.15) is 47.9 Å². The smallest absolute Gasteiger partial charge is 0.337 e. The van der Waals surface area contributed by atoms with Crippen LogP contribution < -0.4 is 10.6 Å². The van der Waals surface area contributed by atoms with E-state index in [-0.39, 0.29) is 24.6 Å². The van der Waals surface area contributed by atoms with Gasteiger partial charge in [-0.05, 0) is 37.1 Å². The van der Waals surface area contributed by atoms with Crippen LogP contribution in [0.5, 0.6) is 0 Å². The predicted molar refractivity (Wildman–Crippen MR) is 135 cm³/mol. The fourth-order valence-corrected chi connectivity index (χ4v) is 3.71. The number of amides is 1. The SMILES string of the molecule is CCOC(=O)CNc1c(-c2ccc(C(=O)OC)cc2)nc2cc(C(=O)NC(C(=O)O)C(C)CC)ccn12. The average Bonchev–Trinajstić information content (AvgIpc) is 3.27. The molecule has 0 aliphatic heterocycles. The second-order valence-electron chi connectivity index (χ2n) is 8.36. The van der Waals surface area contributed by atoms with Crippen LogP contribution >= 0.6 is 0 Å². The lowest BCUT2D eigenvalue weighted by atomic mass is 9.99. The number of carbonyl (C=O) groups is 4. The lowest BCUT2D eigenvalue weighted by Gasteiger charge is -2.20. The molecule has 37 heavy (non-hydrogen) atoms. The molecule has 2 unspecified atom stereocenters. The third-order valence-corrected chi connectivity index (χ3v) is 5.94. The Labute approximate surface area is 213 Å². The number of carbonyl (C=O) groups excluding carboxylic acids is 3. The molecule has 3 N–H and O–H groups in total. The maximum atomic E-state index is 12.9. The Bertz CT molecular complexity index is 1300. The van der Waals surface area contributed by atoms with E-state index in [0.717, 1.165) is 0 Å². The predicted octanol–water partition coefficient (Wildman–Crippen LogP) is 2.99. The molecule has 0 bridgehead atoms. The highest BCUT2D eigenvalue weighted by Gasteiger charge is 2.26. The summed E-state index contributed by atoms with van der Waals surface area (Å²) < 4.78 is 11.4. The highest BCUT2D eigenvalue weighted by Crippen LogP contribution is 2.29. The molecule has 0 aliphatic rings. The third kappa shape index (κ3) is 6.24. The van der Waals surface area contributed by atoms with Crippen LogP contribution in [-0.4, -0.2) is 64.6 Å². The minimum atomic E-state index is -1.10. The molecule has 2 atom stereocenters. The van der Waals surface area contributed by atoms with Gasteiger partial charge in [0.25, 0.3) is 5.91 Å². The van der Waals surface area contributed by atoms with Crippen LogP contribution in [0.2, 0.25) is 0 Å². The number of hydrogen-bond donors (Lipinski definition) is 3. The molecule has 0 aliphatic carbocycles. The van der Waals surface area contributed by atoms with Gasteiger partial charge in [0, 0.05) is 17.3 Å². The molecule has 11 heteroatoms. The largest absolute Gasteiger partial charge is 0.480 e. The van der Waals surface area contributed by atoms with E-state index in [4.69, 9.17) is 9.47 Å². The number of benzene rings is 1. The highest BCUT2D eigenvalue weighted by atomic mass is 16.5. The minimum absolute atomic E-state index is 0.119. The monoisotopic (exact) mass is 510 g/mol. The minimum Gasteiger partial charge on any atom is -0.480 e. The fourth-order valence-electron chi connectivity index (χ4n) is 3.71. The number of ether oxygens (including phenoxy) is 2. The van der Waals surface area contributed by atoms with Crippen molar-refractivity contribution in [2.24, 2.45) is 5.92 Å². The summed E-state index contributed by atoms with van der Waals surface area (Å²) in [5.74, 6) is -2.35. The number of carboxylic acids is 1. The van der Waals surface area contributed by atoms with Crippen LogP contribution in [0.25, 0.3) is 16.9 Å². The summed E-state index contributed by atoms with van der Waals surface area (Å²) in [7, 11) is 1.30. The van der Waals surface area contributed by atoms with Crippen molar-refractivity contribution in [3.8, 4) is 11.3 Å². The van der Waals surface area contributed by atoms with Crippen molar-refractivity contribution < 1.29 is 33.8 Å². The summed E-state index contributed by atoms with van der Waals surface area (Å²) in [5, 5.41) is 15.1. The van der Waals surface area contributed by atoms with Gasteiger partial charge >= 0.3 is 17.9 Å². The fraction of sp³-hybridized carbons (Fsp3) is 0.346. The summed E-state index contributed by atoms with van der Waals surface area (Å²) in [6, 6.07) is 8.63. The molecule has 196 valence electrons. The normalized spacial score (nSPS) is 12.4. The number of anilines is 1. The number of carboxylic acid groups (broad SMARTS) is 1. The Morgan fingerprint density at radius 1 is 1.08 bits per heavy atom. The van der Waals surface area contributed by atoms with Crippen LogP contribution in [-0.2, 0) is 19.1 Å². The van der Waals surface area contributed by atoms with E-state index in [1.807, 2.05) is 6.92 Å². The summed E-state index contributed by atoms with van der Waals surface area (Å²) in [4.78, 5) is 53.0. The highest BCUT2D eigenvalue weighted by molar-refractivity contribution is 5.98. The second-order valence-corrected chi connectivity index (χ2v) is 8.36. The summed E-state index contributed by atoms with van der Waals surface area (Å²) >= 11 is 0. The van der Waals surface area contributed by atoms with E-state index in [0.29, 0.717) is 34.7 Å². The number of hydrogen-bond acceptors (Lipinski definition) is 8. The Hall–Kier alpha value is -4.41. The molecule has 2 heterocycles. The van der Waals surface area contributed by atoms with Crippen molar-refractivity contribution in [1.82, 2.24) is 14.7 Å². The van der Waals surface area contributed by atoms with Crippen molar-refractivity contribution in [3.63, 3.8) is 0 Å². The van der Waals surface area contributed by atoms with E-state index >= 15 is 0 Å². The number of nitrogens with zero attached hydrogens (tertiary/aromatic N) is 2. The number of aromatic nitrogens is 2. The van der Waals surface area contributed by atoms with Gasteiger partial charge in [-0.1, -0.05) is 32.4 Å². The molecule has 1 aromatic carbocycles. The molecule has 0 fully saturated rings. The van der Waals surface area contributed by atoms with Crippen LogP contribution in [0.3, 0.4) is 0 Å². The van der Waals surface area contributed by atoms with Gasteiger partial charge in [0.15, 0.2) is 0 Å². The molecule has 0 saturated heterocycles. The van der Waals surface area contributed by atoms with E-state index in [2.05, 4.69) is 15.6 Å². The van der Waals surface area contributed by atoms with E-state index < -0.39 is 29.9 Å². The first-order chi connectivity index (χ1) is 17.7. The topological polar surface area (TPSA) is 148 Å². The zero-order valence-electron chi connectivity index (χ0n) is 21.1. The van der Waals surface area contributed by atoms with Crippen LogP contribution in [0.15, 0.2) is 42.6 Å². The number of methoxy groups -OCH3 is 1. The van der Waals surface area contributed by atoms with E-state index in [9.17, 15) is 24.3 Å². The Kier molecular flexibility index (Phi) is 8.83.